The lowest BCUT2D eigenvalue weighted by molar-refractivity contribution is 0.0373. The zero-order chi connectivity index (χ0) is 12.4. The minimum Gasteiger partial charge on any atom is -0.393 e. The molecule has 3 atom stereocenters. The van der Waals surface area contributed by atoms with Gasteiger partial charge in [-0.05, 0) is 49.5 Å². The first kappa shape index (κ1) is 12.6. The first-order chi connectivity index (χ1) is 8.06. The summed E-state index contributed by atoms with van der Waals surface area (Å²) < 4.78 is 1.84. The van der Waals surface area contributed by atoms with Gasteiger partial charge in [0, 0.05) is 13.2 Å². The third-order valence-corrected chi connectivity index (χ3v) is 4.17. The number of rotatable bonds is 3. The maximum Gasteiger partial charge on any atom is 0.0628 e. The number of hydrogen-bond acceptors (Lipinski definition) is 2. The monoisotopic (exact) mass is 236 g/mol. The highest BCUT2D eigenvalue weighted by Gasteiger charge is 2.30. The molecule has 0 saturated heterocycles. The van der Waals surface area contributed by atoms with E-state index in [9.17, 15) is 5.11 Å². The van der Waals surface area contributed by atoms with Crippen LogP contribution in [0, 0.1) is 17.8 Å². The summed E-state index contributed by atoms with van der Waals surface area (Å²) in [4.78, 5) is 0. The predicted octanol–water partition coefficient (Wildman–Crippen LogP) is 2.40. The van der Waals surface area contributed by atoms with E-state index < -0.39 is 0 Å². The normalized spacial score (nSPS) is 29.8. The van der Waals surface area contributed by atoms with Crippen LogP contribution in [-0.4, -0.2) is 21.0 Å². The molecule has 3 unspecified atom stereocenters. The molecule has 2 rings (SSSR count). The molecule has 1 aromatic rings. The highest BCUT2D eigenvalue weighted by Crippen LogP contribution is 2.35. The van der Waals surface area contributed by atoms with Gasteiger partial charge in [-0.25, -0.2) is 0 Å². The highest BCUT2D eigenvalue weighted by molar-refractivity contribution is 5.01. The Bertz CT molecular complexity index is 359. The van der Waals surface area contributed by atoms with Gasteiger partial charge in [0.15, 0.2) is 0 Å². The zero-order valence-electron chi connectivity index (χ0n) is 11.1. The van der Waals surface area contributed by atoms with Crippen LogP contribution in [0.3, 0.4) is 0 Å². The largest absolute Gasteiger partial charge is 0.393 e. The van der Waals surface area contributed by atoms with Crippen LogP contribution in [0.25, 0.3) is 0 Å². The molecule has 3 nitrogen and oxygen atoms in total. The SMILES string of the molecule is CC(C)C1CCC(O)C(Cc2ccn(C)n2)C1. The summed E-state index contributed by atoms with van der Waals surface area (Å²) in [6.07, 6.45) is 6.05. The van der Waals surface area contributed by atoms with Crippen LogP contribution in [0.15, 0.2) is 12.3 Å². The van der Waals surface area contributed by atoms with Crippen molar-refractivity contribution in [3.05, 3.63) is 18.0 Å². The van der Waals surface area contributed by atoms with Gasteiger partial charge >= 0.3 is 0 Å². The molecule has 1 fully saturated rings. The van der Waals surface area contributed by atoms with Crippen molar-refractivity contribution in [2.45, 2.75) is 45.6 Å². The molecule has 0 amide bonds. The Morgan fingerprint density at radius 3 is 2.82 bits per heavy atom. The number of nitrogens with zero attached hydrogens (tertiary/aromatic N) is 2. The van der Waals surface area contributed by atoms with Crippen molar-refractivity contribution in [2.24, 2.45) is 24.8 Å². The van der Waals surface area contributed by atoms with Crippen molar-refractivity contribution in [3.8, 4) is 0 Å². The Kier molecular flexibility index (Phi) is 3.87. The van der Waals surface area contributed by atoms with Gasteiger partial charge in [-0.3, -0.25) is 4.68 Å². The number of aromatic nitrogens is 2. The van der Waals surface area contributed by atoms with E-state index >= 15 is 0 Å². The lowest BCUT2D eigenvalue weighted by Gasteiger charge is -2.35. The van der Waals surface area contributed by atoms with Crippen molar-refractivity contribution >= 4 is 0 Å². The molecule has 0 spiro atoms. The van der Waals surface area contributed by atoms with Crippen LogP contribution in [0.2, 0.25) is 0 Å². The molecule has 1 N–H and O–H groups in total. The first-order valence-corrected chi connectivity index (χ1v) is 6.73. The van der Waals surface area contributed by atoms with Crippen molar-refractivity contribution in [1.29, 1.82) is 0 Å². The Morgan fingerprint density at radius 1 is 1.47 bits per heavy atom. The maximum absolute atomic E-state index is 10.1. The number of aliphatic hydroxyl groups is 1. The third kappa shape index (κ3) is 3.09. The van der Waals surface area contributed by atoms with Gasteiger partial charge < -0.3 is 5.11 Å². The number of hydrogen-bond donors (Lipinski definition) is 1. The fourth-order valence-electron chi connectivity index (χ4n) is 2.95. The van der Waals surface area contributed by atoms with Gasteiger partial charge in [-0.15, -0.1) is 0 Å². The van der Waals surface area contributed by atoms with E-state index in [0.717, 1.165) is 36.8 Å². The standard InChI is InChI=1S/C14H24N2O/c1-10(2)11-4-5-14(17)12(8-11)9-13-6-7-16(3)15-13/h6-7,10-12,14,17H,4-5,8-9H2,1-3H3. The zero-order valence-corrected chi connectivity index (χ0v) is 11.1. The lowest BCUT2D eigenvalue weighted by atomic mass is 9.73. The third-order valence-electron chi connectivity index (χ3n) is 4.17. The molecule has 0 aliphatic heterocycles. The van der Waals surface area contributed by atoms with E-state index in [4.69, 9.17) is 0 Å². The molecular formula is C14H24N2O. The van der Waals surface area contributed by atoms with Gasteiger partial charge in [-0.2, -0.15) is 5.10 Å². The first-order valence-electron chi connectivity index (χ1n) is 6.73. The lowest BCUT2D eigenvalue weighted by Crippen LogP contribution is -2.32. The number of aryl methyl sites for hydroxylation is 1. The summed E-state index contributed by atoms with van der Waals surface area (Å²) in [6, 6.07) is 2.06. The predicted molar refractivity (Wildman–Crippen MR) is 68.6 cm³/mol. The molecule has 1 saturated carbocycles. The van der Waals surface area contributed by atoms with Gasteiger partial charge in [-0.1, -0.05) is 13.8 Å². The van der Waals surface area contributed by atoms with Gasteiger partial charge in [0.05, 0.1) is 11.8 Å². The fourth-order valence-corrected chi connectivity index (χ4v) is 2.95. The van der Waals surface area contributed by atoms with Gasteiger partial charge in [0.25, 0.3) is 0 Å². The molecule has 1 aliphatic carbocycles. The van der Waals surface area contributed by atoms with Crippen LogP contribution in [0.4, 0.5) is 0 Å². The summed E-state index contributed by atoms with van der Waals surface area (Å²) in [5.74, 6) is 1.90. The van der Waals surface area contributed by atoms with E-state index in [1.807, 2.05) is 17.9 Å². The molecule has 96 valence electrons. The van der Waals surface area contributed by atoms with Crippen LogP contribution >= 0.6 is 0 Å². The van der Waals surface area contributed by atoms with Gasteiger partial charge in [0.2, 0.25) is 0 Å². The van der Waals surface area contributed by atoms with Crippen LogP contribution in [0.1, 0.15) is 38.8 Å². The minimum atomic E-state index is -0.132. The van der Waals surface area contributed by atoms with E-state index in [-0.39, 0.29) is 6.10 Å². The molecule has 17 heavy (non-hydrogen) atoms. The Labute approximate surface area is 104 Å². The summed E-state index contributed by atoms with van der Waals surface area (Å²) in [7, 11) is 1.94. The Balaban J connectivity index is 1.98. The molecule has 0 radical (unpaired) electrons. The number of aliphatic hydroxyl groups excluding tert-OH is 1. The minimum absolute atomic E-state index is 0.132. The molecule has 1 aromatic heterocycles. The Hall–Kier alpha value is -0.830. The highest BCUT2D eigenvalue weighted by atomic mass is 16.3. The summed E-state index contributed by atoms with van der Waals surface area (Å²) in [5.41, 5.74) is 1.11. The second-order valence-corrected chi connectivity index (χ2v) is 5.83. The fraction of sp³-hybridized carbons (Fsp3) is 0.786. The van der Waals surface area contributed by atoms with E-state index in [1.54, 1.807) is 0 Å². The van der Waals surface area contributed by atoms with Crippen molar-refractivity contribution in [1.82, 2.24) is 9.78 Å². The van der Waals surface area contributed by atoms with E-state index in [0.29, 0.717) is 5.92 Å². The second-order valence-electron chi connectivity index (χ2n) is 5.83. The quantitative estimate of drug-likeness (QED) is 0.875. The van der Waals surface area contributed by atoms with E-state index in [1.165, 1.54) is 6.42 Å². The maximum atomic E-state index is 10.1. The molecule has 1 aliphatic rings. The average Bonchev–Trinajstić information content (AvgIpc) is 2.67. The average molecular weight is 236 g/mol. The van der Waals surface area contributed by atoms with Crippen LogP contribution < -0.4 is 0 Å². The Morgan fingerprint density at radius 2 is 2.24 bits per heavy atom. The molecule has 0 aromatic carbocycles. The van der Waals surface area contributed by atoms with Crippen molar-refractivity contribution in [2.75, 3.05) is 0 Å². The summed E-state index contributed by atoms with van der Waals surface area (Å²) >= 11 is 0. The smallest absolute Gasteiger partial charge is 0.0628 e. The topological polar surface area (TPSA) is 38.0 Å². The molecule has 0 bridgehead atoms. The van der Waals surface area contributed by atoms with Crippen molar-refractivity contribution in [3.63, 3.8) is 0 Å². The van der Waals surface area contributed by atoms with Crippen LogP contribution in [0.5, 0.6) is 0 Å². The molecule has 1 heterocycles. The second kappa shape index (κ2) is 5.21. The molecule has 3 heteroatoms. The van der Waals surface area contributed by atoms with Gasteiger partial charge in [0.1, 0.15) is 0 Å². The summed E-state index contributed by atoms with van der Waals surface area (Å²) in [6.45, 7) is 4.58. The van der Waals surface area contributed by atoms with E-state index in [2.05, 4.69) is 25.0 Å². The van der Waals surface area contributed by atoms with Crippen molar-refractivity contribution < 1.29 is 5.11 Å². The summed E-state index contributed by atoms with van der Waals surface area (Å²) in [5, 5.41) is 14.5. The molecular weight excluding hydrogens is 212 g/mol. The van der Waals surface area contributed by atoms with Crippen LogP contribution in [-0.2, 0) is 13.5 Å².